The lowest BCUT2D eigenvalue weighted by Gasteiger charge is -1.98. The van der Waals surface area contributed by atoms with Gasteiger partial charge in [0.2, 0.25) is 0 Å². The Morgan fingerprint density at radius 1 is 1.17 bits per heavy atom. The Morgan fingerprint density at radius 3 is 2.50 bits per heavy atom. The lowest BCUT2D eigenvalue weighted by Crippen LogP contribution is -2.17. The van der Waals surface area contributed by atoms with E-state index in [9.17, 15) is 4.79 Å². The molecule has 0 fully saturated rings. The van der Waals surface area contributed by atoms with Gasteiger partial charge in [0, 0.05) is 18.0 Å². The van der Waals surface area contributed by atoms with Gasteiger partial charge >= 0.3 is 0 Å². The third-order valence-electron chi connectivity index (χ3n) is 2.22. The zero-order chi connectivity index (χ0) is 12.8. The van der Waals surface area contributed by atoms with E-state index in [1.54, 1.807) is 48.8 Å². The van der Waals surface area contributed by atoms with Gasteiger partial charge in [0.25, 0.3) is 5.91 Å². The molecule has 1 amide bonds. The van der Waals surface area contributed by atoms with Crippen LogP contribution in [0, 0.1) is 0 Å². The largest absolute Gasteiger partial charge is 0.508 e. The predicted molar refractivity (Wildman–Crippen MR) is 67.4 cm³/mol. The van der Waals surface area contributed by atoms with Crippen LogP contribution >= 0.6 is 0 Å². The normalized spacial score (nSPS) is 10.4. The Morgan fingerprint density at radius 2 is 1.83 bits per heavy atom. The molecule has 0 saturated carbocycles. The summed E-state index contributed by atoms with van der Waals surface area (Å²) in [5.41, 5.74) is 3.68. The molecule has 0 atom stereocenters. The minimum absolute atomic E-state index is 0.188. The smallest absolute Gasteiger partial charge is 0.271 e. The highest BCUT2D eigenvalue weighted by atomic mass is 16.3. The number of nitrogens with one attached hydrogen (secondary N) is 1. The summed E-state index contributed by atoms with van der Waals surface area (Å²) in [6.07, 6.45) is 4.58. The molecule has 0 spiro atoms. The van der Waals surface area contributed by atoms with E-state index in [-0.39, 0.29) is 11.7 Å². The Bertz CT molecular complexity index is 550. The SMILES string of the molecule is O=C(N/N=C/c1ccc(O)cc1)c1ccncc1. The van der Waals surface area contributed by atoms with Crippen LogP contribution in [0.4, 0.5) is 0 Å². The fourth-order valence-corrected chi connectivity index (χ4v) is 1.29. The molecule has 90 valence electrons. The number of phenols is 1. The number of benzene rings is 1. The summed E-state index contributed by atoms with van der Waals surface area (Å²) < 4.78 is 0. The van der Waals surface area contributed by atoms with E-state index in [2.05, 4.69) is 15.5 Å². The van der Waals surface area contributed by atoms with Crippen molar-refractivity contribution in [1.82, 2.24) is 10.4 Å². The molecule has 2 aromatic rings. The quantitative estimate of drug-likeness (QED) is 0.632. The summed E-state index contributed by atoms with van der Waals surface area (Å²) >= 11 is 0. The van der Waals surface area contributed by atoms with Gasteiger partial charge in [-0.15, -0.1) is 0 Å². The van der Waals surface area contributed by atoms with Crippen LogP contribution in [0.5, 0.6) is 5.75 Å². The average Bonchev–Trinajstić information content (AvgIpc) is 2.42. The number of phenolic OH excluding ortho intramolecular Hbond substituents is 1. The molecule has 0 aliphatic heterocycles. The first-order valence-corrected chi connectivity index (χ1v) is 5.28. The molecule has 0 bridgehead atoms. The molecule has 0 unspecified atom stereocenters. The van der Waals surface area contributed by atoms with Crippen molar-refractivity contribution >= 4 is 12.1 Å². The van der Waals surface area contributed by atoms with Crippen molar-refractivity contribution in [3.05, 3.63) is 59.9 Å². The number of carbonyl (C=O) groups is 1. The summed E-state index contributed by atoms with van der Waals surface area (Å²) in [6, 6.07) is 9.68. The van der Waals surface area contributed by atoms with Gasteiger partial charge in [0.05, 0.1) is 6.21 Å². The fraction of sp³-hybridized carbons (Fsp3) is 0. The fourth-order valence-electron chi connectivity index (χ4n) is 1.29. The second-order valence-electron chi connectivity index (χ2n) is 3.53. The number of pyridine rings is 1. The first-order valence-electron chi connectivity index (χ1n) is 5.28. The number of hydrogen-bond acceptors (Lipinski definition) is 4. The average molecular weight is 241 g/mol. The molecule has 2 rings (SSSR count). The summed E-state index contributed by atoms with van der Waals surface area (Å²) in [5, 5.41) is 12.9. The van der Waals surface area contributed by atoms with Crippen LogP contribution in [0.3, 0.4) is 0 Å². The van der Waals surface area contributed by atoms with E-state index in [0.717, 1.165) is 5.56 Å². The van der Waals surface area contributed by atoms with Crippen molar-refractivity contribution in [1.29, 1.82) is 0 Å². The predicted octanol–water partition coefficient (Wildman–Crippen LogP) is 1.55. The van der Waals surface area contributed by atoms with Crippen LogP contribution in [-0.2, 0) is 0 Å². The molecule has 1 aromatic heterocycles. The van der Waals surface area contributed by atoms with E-state index in [0.29, 0.717) is 5.56 Å². The Labute approximate surface area is 104 Å². The zero-order valence-corrected chi connectivity index (χ0v) is 9.45. The van der Waals surface area contributed by atoms with Crippen LogP contribution in [0.2, 0.25) is 0 Å². The zero-order valence-electron chi connectivity index (χ0n) is 9.45. The third-order valence-corrected chi connectivity index (χ3v) is 2.22. The molecule has 0 saturated heterocycles. The van der Waals surface area contributed by atoms with E-state index in [1.807, 2.05) is 0 Å². The second kappa shape index (κ2) is 5.58. The van der Waals surface area contributed by atoms with Crippen molar-refractivity contribution in [3.63, 3.8) is 0 Å². The highest BCUT2D eigenvalue weighted by Gasteiger charge is 2.01. The summed E-state index contributed by atoms with van der Waals surface area (Å²) in [5.74, 6) is -0.111. The van der Waals surface area contributed by atoms with Gasteiger partial charge in [0.1, 0.15) is 5.75 Å². The summed E-state index contributed by atoms with van der Waals surface area (Å²) in [6.45, 7) is 0. The standard InChI is InChI=1S/C13H11N3O2/c17-12-3-1-10(2-4-12)9-15-16-13(18)11-5-7-14-8-6-11/h1-9,17H,(H,16,18)/b15-9+. The van der Waals surface area contributed by atoms with Gasteiger partial charge < -0.3 is 5.11 Å². The van der Waals surface area contributed by atoms with Crippen LogP contribution < -0.4 is 5.43 Å². The second-order valence-corrected chi connectivity index (χ2v) is 3.53. The molecular formula is C13H11N3O2. The van der Waals surface area contributed by atoms with Crippen LogP contribution in [-0.4, -0.2) is 22.2 Å². The lowest BCUT2D eigenvalue weighted by atomic mass is 10.2. The van der Waals surface area contributed by atoms with Gasteiger partial charge in [0.15, 0.2) is 0 Å². The number of aromatic hydroxyl groups is 1. The van der Waals surface area contributed by atoms with Crippen molar-refractivity contribution in [2.24, 2.45) is 5.10 Å². The number of aromatic nitrogens is 1. The molecular weight excluding hydrogens is 230 g/mol. The number of nitrogens with zero attached hydrogens (tertiary/aromatic N) is 2. The van der Waals surface area contributed by atoms with E-state index in [4.69, 9.17) is 5.11 Å². The number of hydrazone groups is 1. The first kappa shape index (κ1) is 11.8. The van der Waals surface area contributed by atoms with E-state index >= 15 is 0 Å². The number of hydrogen-bond donors (Lipinski definition) is 2. The maximum Gasteiger partial charge on any atom is 0.271 e. The van der Waals surface area contributed by atoms with Crippen molar-refractivity contribution in [2.45, 2.75) is 0 Å². The summed E-state index contributed by atoms with van der Waals surface area (Å²) in [7, 11) is 0. The van der Waals surface area contributed by atoms with Crippen molar-refractivity contribution in [2.75, 3.05) is 0 Å². The first-order chi connectivity index (χ1) is 8.75. The lowest BCUT2D eigenvalue weighted by molar-refractivity contribution is 0.0955. The molecule has 0 radical (unpaired) electrons. The van der Waals surface area contributed by atoms with Crippen molar-refractivity contribution in [3.8, 4) is 5.75 Å². The number of carbonyl (C=O) groups excluding carboxylic acids is 1. The minimum Gasteiger partial charge on any atom is -0.508 e. The number of amides is 1. The monoisotopic (exact) mass is 241 g/mol. The van der Waals surface area contributed by atoms with Crippen LogP contribution in [0.15, 0.2) is 53.9 Å². The third kappa shape index (κ3) is 3.15. The van der Waals surface area contributed by atoms with Gasteiger partial charge in [-0.05, 0) is 42.0 Å². The highest BCUT2D eigenvalue weighted by molar-refractivity contribution is 5.94. The highest BCUT2D eigenvalue weighted by Crippen LogP contribution is 2.07. The molecule has 2 N–H and O–H groups in total. The van der Waals surface area contributed by atoms with Gasteiger partial charge in [-0.25, -0.2) is 5.43 Å². The van der Waals surface area contributed by atoms with Gasteiger partial charge in [-0.1, -0.05) is 0 Å². The Hall–Kier alpha value is -2.69. The Balaban J connectivity index is 1.96. The topological polar surface area (TPSA) is 74.6 Å². The van der Waals surface area contributed by atoms with Gasteiger partial charge in [-0.2, -0.15) is 5.10 Å². The molecule has 1 heterocycles. The Kier molecular flexibility index (Phi) is 3.66. The van der Waals surface area contributed by atoms with E-state index < -0.39 is 0 Å². The minimum atomic E-state index is -0.299. The molecule has 18 heavy (non-hydrogen) atoms. The summed E-state index contributed by atoms with van der Waals surface area (Å²) in [4.78, 5) is 15.4. The maximum absolute atomic E-state index is 11.6. The van der Waals surface area contributed by atoms with Gasteiger partial charge in [-0.3, -0.25) is 9.78 Å². The maximum atomic E-state index is 11.6. The van der Waals surface area contributed by atoms with Crippen LogP contribution in [0.1, 0.15) is 15.9 Å². The molecule has 0 aliphatic rings. The van der Waals surface area contributed by atoms with Crippen LogP contribution in [0.25, 0.3) is 0 Å². The van der Waals surface area contributed by atoms with E-state index in [1.165, 1.54) is 6.21 Å². The molecule has 1 aromatic carbocycles. The molecule has 5 nitrogen and oxygen atoms in total. The molecule has 5 heteroatoms. The number of rotatable bonds is 3. The van der Waals surface area contributed by atoms with Crippen molar-refractivity contribution < 1.29 is 9.90 Å². The molecule has 0 aliphatic carbocycles.